The van der Waals surface area contributed by atoms with E-state index in [4.69, 9.17) is 15.2 Å². The first-order valence-electron chi connectivity index (χ1n) is 7.93. The van der Waals surface area contributed by atoms with Crippen LogP contribution in [0, 0.1) is 0 Å². The molecule has 22 heavy (non-hydrogen) atoms. The zero-order valence-electron chi connectivity index (χ0n) is 13.2. The number of carbonyl (C=O) groups is 1. The van der Waals surface area contributed by atoms with Crippen molar-refractivity contribution in [3.05, 3.63) is 35.4 Å². The molecule has 5 nitrogen and oxygen atoms in total. The summed E-state index contributed by atoms with van der Waals surface area (Å²) in [4.78, 5) is 11.6. The fourth-order valence-electron chi connectivity index (χ4n) is 2.45. The summed E-state index contributed by atoms with van der Waals surface area (Å²) in [7, 11) is 0. The number of carbonyl (C=O) groups excluding carboxylic acids is 1. The molecular formula is C17H26N2O3. The van der Waals surface area contributed by atoms with Crippen LogP contribution >= 0.6 is 0 Å². The summed E-state index contributed by atoms with van der Waals surface area (Å²) in [5.41, 5.74) is 7.82. The first-order chi connectivity index (χ1) is 10.6. The summed E-state index contributed by atoms with van der Waals surface area (Å²) in [6.07, 6.45) is 2.58. The zero-order valence-corrected chi connectivity index (χ0v) is 13.2. The lowest BCUT2D eigenvalue weighted by Gasteiger charge is -2.22. The topological polar surface area (TPSA) is 73.6 Å². The van der Waals surface area contributed by atoms with Crippen molar-refractivity contribution >= 4 is 5.91 Å². The molecule has 0 aromatic heterocycles. The summed E-state index contributed by atoms with van der Waals surface area (Å²) in [5, 5.41) is 2.89. The average molecular weight is 306 g/mol. The maximum absolute atomic E-state index is 11.6. The molecule has 0 radical (unpaired) electrons. The van der Waals surface area contributed by atoms with Gasteiger partial charge in [-0.25, -0.2) is 0 Å². The second kappa shape index (κ2) is 8.88. The van der Waals surface area contributed by atoms with Crippen LogP contribution in [0.25, 0.3) is 0 Å². The molecule has 1 atom stereocenters. The number of rotatable bonds is 7. The summed E-state index contributed by atoms with van der Waals surface area (Å²) < 4.78 is 11.2. The van der Waals surface area contributed by atoms with E-state index in [0.29, 0.717) is 25.7 Å². The van der Waals surface area contributed by atoms with Gasteiger partial charge in [0.1, 0.15) is 0 Å². The number of ether oxygens (including phenoxy) is 2. The van der Waals surface area contributed by atoms with Crippen molar-refractivity contribution in [1.29, 1.82) is 0 Å². The lowest BCUT2D eigenvalue weighted by molar-refractivity contribution is -0.121. The minimum absolute atomic E-state index is 0.0149. The summed E-state index contributed by atoms with van der Waals surface area (Å²) in [6.45, 7) is 4.53. The van der Waals surface area contributed by atoms with E-state index in [1.807, 2.05) is 25.1 Å². The Morgan fingerprint density at radius 2 is 2.14 bits per heavy atom. The molecule has 0 bridgehead atoms. The number of benzene rings is 1. The molecule has 1 aromatic carbocycles. The van der Waals surface area contributed by atoms with E-state index in [2.05, 4.69) is 11.4 Å². The molecule has 122 valence electrons. The summed E-state index contributed by atoms with van der Waals surface area (Å²) >= 11 is 0. The third-order valence-corrected chi connectivity index (χ3v) is 3.64. The van der Waals surface area contributed by atoms with Crippen molar-refractivity contribution in [2.24, 2.45) is 5.73 Å². The van der Waals surface area contributed by atoms with Crippen molar-refractivity contribution in [1.82, 2.24) is 5.32 Å². The van der Waals surface area contributed by atoms with E-state index < -0.39 is 0 Å². The predicted octanol–water partition coefficient (Wildman–Crippen LogP) is 1.74. The molecule has 0 spiro atoms. The molecule has 3 N–H and O–H groups in total. The molecule has 2 rings (SSSR count). The fraction of sp³-hybridized carbons (Fsp3) is 0.588. The summed E-state index contributed by atoms with van der Waals surface area (Å²) in [6, 6.07) is 8.01. The number of nitrogens with one attached hydrogen (secondary N) is 1. The standard InChI is InChI=1S/C17H26N2O3/c1-13(18)9-17(20)19-11-14-3-2-4-15(10-14)12-22-16-5-7-21-8-6-16/h2-4,10,13,16H,5-9,11-12,18H2,1H3,(H,19,20). The van der Waals surface area contributed by atoms with Gasteiger partial charge < -0.3 is 20.5 Å². The Bertz CT molecular complexity index is 471. The molecule has 1 unspecified atom stereocenters. The number of hydrogen-bond donors (Lipinski definition) is 2. The Kier molecular flexibility index (Phi) is 6.83. The van der Waals surface area contributed by atoms with Crippen LogP contribution in [0.2, 0.25) is 0 Å². The predicted molar refractivity (Wildman–Crippen MR) is 85.2 cm³/mol. The SMILES string of the molecule is CC(N)CC(=O)NCc1cccc(COC2CCOCC2)c1. The average Bonchev–Trinajstić information content (AvgIpc) is 2.52. The largest absolute Gasteiger partial charge is 0.381 e. The molecule has 1 heterocycles. The van der Waals surface area contributed by atoms with Gasteiger partial charge in [0.25, 0.3) is 0 Å². The van der Waals surface area contributed by atoms with E-state index >= 15 is 0 Å². The van der Waals surface area contributed by atoms with Crippen molar-refractivity contribution in [3.8, 4) is 0 Å². The molecule has 1 aromatic rings. The second-order valence-electron chi connectivity index (χ2n) is 5.90. The third-order valence-electron chi connectivity index (χ3n) is 3.64. The Hall–Kier alpha value is -1.43. The van der Waals surface area contributed by atoms with E-state index in [-0.39, 0.29) is 11.9 Å². The van der Waals surface area contributed by atoms with E-state index in [1.165, 1.54) is 0 Å². The zero-order chi connectivity index (χ0) is 15.8. The molecule has 1 fully saturated rings. The fourth-order valence-corrected chi connectivity index (χ4v) is 2.45. The van der Waals surface area contributed by atoms with Gasteiger partial charge in [-0.2, -0.15) is 0 Å². The van der Waals surface area contributed by atoms with Crippen LogP contribution in [0.4, 0.5) is 0 Å². The molecule has 0 saturated carbocycles. The maximum Gasteiger partial charge on any atom is 0.221 e. The minimum atomic E-state index is -0.112. The van der Waals surface area contributed by atoms with Gasteiger partial charge in [0.2, 0.25) is 5.91 Å². The van der Waals surface area contributed by atoms with E-state index in [0.717, 1.165) is 37.2 Å². The molecule has 1 saturated heterocycles. The molecular weight excluding hydrogens is 280 g/mol. The van der Waals surface area contributed by atoms with Crippen molar-refractivity contribution in [2.45, 2.75) is 51.5 Å². The molecule has 1 aliphatic heterocycles. The van der Waals surface area contributed by atoms with Gasteiger partial charge in [0.05, 0.1) is 12.7 Å². The third kappa shape index (κ3) is 6.13. The molecule has 5 heteroatoms. The molecule has 1 aliphatic rings. The normalized spacial score (nSPS) is 17.2. The van der Waals surface area contributed by atoms with Crippen molar-refractivity contribution in [2.75, 3.05) is 13.2 Å². The summed E-state index contributed by atoms with van der Waals surface area (Å²) in [5.74, 6) is -0.0149. The second-order valence-corrected chi connectivity index (χ2v) is 5.90. The van der Waals surface area contributed by atoms with Crippen LogP contribution in [0.3, 0.4) is 0 Å². The van der Waals surface area contributed by atoms with Gasteiger partial charge in [0.15, 0.2) is 0 Å². The first kappa shape index (κ1) is 16.9. The van der Waals surface area contributed by atoms with Gasteiger partial charge in [-0.15, -0.1) is 0 Å². The van der Waals surface area contributed by atoms with Crippen LogP contribution < -0.4 is 11.1 Å². The Morgan fingerprint density at radius 1 is 1.41 bits per heavy atom. The Balaban J connectivity index is 1.77. The van der Waals surface area contributed by atoms with Crippen LogP contribution in [0.15, 0.2) is 24.3 Å². The molecule has 1 amide bonds. The first-order valence-corrected chi connectivity index (χ1v) is 7.93. The van der Waals surface area contributed by atoms with Crippen LogP contribution in [-0.2, 0) is 27.4 Å². The monoisotopic (exact) mass is 306 g/mol. The smallest absolute Gasteiger partial charge is 0.221 e. The minimum Gasteiger partial charge on any atom is -0.381 e. The number of amides is 1. The van der Waals surface area contributed by atoms with Crippen LogP contribution in [0.5, 0.6) is 0 Å². The van der Waals surface area contributed by atoms with Crippen LogP contribution in [-0.4, -0.2) is 31.3 Å². The Labute approximate surface area is 132 Å². The van der Waals surface area contributed by atoms with Gasteiger partial charge in [0, 0.05) is 32.2 Å². The highest BCUT2D eigenvalue weighted by molar-refractivity contribution is 5.76. The molecule has 0 aliphatic carbocycles. The van der Waals surface area contributed by atoms with Crippen LogP contribution in [0.1, 0.15) is 37.3 Å². The van der Waals surface area contributed by atoms with Gasteiger partial charge in [-0.1, -0.05) is 24.3 Å². The van der Waals surface area contributed by atoms with E-state index in [9.17, 15) is 4.79 Å². The Morgan fingerprint density at radius 3 is 2.86 bits per heavy atom. The van der Waals surface area contributed by atoms with Gasteiger partial charge in [-0.3, -0.25) is 4.79 Å². The highest BCUT2D eigenvalue weighted by Gasteiger charge is 2.14. The quantitative estimate of drug-likeness (QED) is 0.804. The van der Waals surface area contributed by atoms with Crippen molar-refractivity contribution < 1.29 is 14.3 Å². The lowest BCUT2D eigenvalue weighted by atomic mass is 10.1. The van der Waals surface area contributed by atoms with Gasteiger partial charge >= 0.3 is 0 Å². The van der Waals surface area contributed by atoms with E-state index in [1.54, 1.807) is 0 Å². The lowest BCUT2D eigenvalue weighted by Crippen LogP contribution is -2.29. The van der Waals surface area contributed by atoms with Crippen molar-refractivity contribution in [3.63, 3.8) is 0 Å². The number of nitrogens with two attached hydrogens (primary N) is 1. The highest BCUT2D eigenvalue weighted by atomic mass is 16.5. The number of hydrogen-bond acceptors (Lipinski definition) is 4. The highest BCUT2D eigenvalue weighted by Crippen LogP contribution is 2.14. The van der Waals surface area contributed by atoms with Gasteiger partial charge in [-0.05, 0) is 30.9 Å². The maximum atomic E-state index is 11.6.